The number of rotatable bonds is 5. The van der Waals surface area contributed by atoms with Crippen LogP contribution in [0.25, 0.3) is 0 Å². The molecular weight excluding hydrogens is 234 g/mol. The van der Waals surface area contributed by atoms with E-state index in [9.17, 15) is 0 Å². The van der Waals surface area contributed by atoms with Crippen LogP contribution in [0.3, 0.4) is 0 Å². The topological polar surface area (TPSA) is 46.2 Å². The van der Waals surface area contributed by atoms with Crippen LogP contribution in [0.5, 0.6) is 0 Å². The van der Waals surface area contributed by atoms with Gasteiger partial charge in [0.15, 0.2) is 0 Å². The molecule has 0 radical (unpaired) electrons. The van der Waals surface area contributed by atoms with Gasteiger partial charge in [-0.25, -0.2) is 4.98 Å². The molecule has 1 aromatic heterocycles. The summed E-state index contributed by atoms with van der Waals surface area (Å²) in [6, 6.07) is 0.992. The van der Waals surface area contributed by atoms with Gasteiger partial charge < -0.3 is 15.4 Å². The molecule has 5 heteroatoms. The molecular formula is C12H21N3OS. The molecule has 1 saturated heterocycles. The van der Waals surface area contributed by atoms with Crippen LogP contribution in [0.4, 0.5) is 0 Å². The fourth-order valence-electron chi connectivity index (χ4n) is 2.04. The monoisotopic (exact) mass is 255 g/mol. The second-order valence-electron chi connectivity index (χ2n) is 4.59. The van der Waals surface area contributed by atoms with E-state index in [0.29, 0.717) is 12.1 Å². The maximum absolute atomic E-state index is 5.45. The van der Waals surface area contributed by atoms with E-state index in [0.717, 1.165) is 37.7 Å². The predicted octanol–water partition coefficient (Wildman–Crippen LogP) is 1.31. The number of hydrogen-bond acceptors (Lipinski definition) is 5. The van der Waals surface area contributed by atoms with Gasteiger partial charge in [0.05, 0.1) is 18.2 Å². The van der Waals surface area contributed by atoms with Crippen LogP contribution in [-0.2, 0) is 11.3 Å². The summed E-state index contributed by atoms with van der Waals surface area (Å²) in [5, 5.41) is 8.15. The Morgan fingerprint density at radius 2 is 2.59 bits per heavy atom. The van der Waals surface area contributed by atoms with Crippen molar-refractivity contribution in [2.24, 2.45) is 0 Å². The van der Waals surface area contributed by atoms with E-state index in [1.54, 1.807) is 11.3 Å². The molecule has 0 saturated carbocycles. The van der Waals surface area contributed by atoms with Crippen molar-refractivity contribution in [2.75, 3.05) is 19.8 Å². The Labute approximate surface area is 107 Å². The minimum atomic E-state index is 0.495. The fraction of sp³-hybridized carbons (Fsp3) is 0.750. The molecule has 1 aliphatic rings. The van der Waals surface area contributed by atoms with Crippen molar-refractivity contribution < 1.29 is 4.74 Å². The average molecular weight is 255 g/mol. The fourth-order valence-corrected chi connectivity index (χ4v) is 2.79. The summed E-state index contributed by atoms with van der Waals surface area (Å²) in [5.41, 5.74) is 0. The van der Waals surface area contributed by atoms with Gasteiger partial charge in [-0.2, -0.15) is 0 Å². The molecule has 0 aromatic carbocycles. The molecule has 2 unspecified atom stereocenters. The minimum absolute atomic E-state index is 0.495. The van der Waals surface area contributed by atoms with Crippen molar-refractivity contribution in [3.63, 3.8) is 0 Å². The van der Waals surface area contributed by atoms with Gasteiger partial charge in [0.1, 0.15) is 0 Å². The molecule has 1 aromatic rings. The van der Waals surface area contributed by atoms with Crippen LogP contribution in [-0.4, -0.2) is 36.8 Å². The second kappa shape index (κ2) is 6.44. The summed E-state index contributed by atoms with van der Waals surface area (Å²) in [6.07, 6.45) is 3.07. The van der Waals surface area contributed by atoms with Crippen molar-refractivity contribution in [1.82, 2.24) is 15.6 Å². The summed E-state index contributed by atoms with van der Waals surface area (Å²) in [5.74, 6) is 0. The van der Waals surface area contributed by atoms with E-state index in [1.165, 1.54) is 4.88 Å². The number of aryl methyl sites for hydroxylation is 1. The summed E-state index contributed by atoms with van der Waals surface area (Å²) in [6.45, 7) is 7.85. The summed E-state index contributed by atoms with van der Waals surface area (Å²) in [7, 11) is 0. The van der Waals surface area contributed by atoms with Gasteiger partial charge in [0.25, 0.3) is 0 Å². The molecule has 0 amide bonds. The Balaban J connectivity index is 1.68. The lowest BCUT2D eigenvalue weighted by molar-refractivity contribution is 0.0712. The van der Waals surface area contributed by atoms with E-state index in [4.69, 9.17) is 4.74 Å². The first kappa shape index (κ1) is 13.0. The Morgan fingerprint density at radius 1 is 1.71 bits per heavy atom. The van der Waals surface area contributed by atoms with E-state index >= 15 is 0 Å². The highest BCUT2D eigenvalue weighted by molar-refractivity contribution is 7.11. The van der Waals surface area contributed by atoms with Crippen molar-refractivity contribution in [3.8, 4) is 0 Å². The Hall–Kier alpha value is -0.490. The summed E-state index contributed by atoms with van der Waals surface area (Å²) in [4.78, 5) is 5.56. The normalized spacial score (nSPS) is 22.6. The third-order valence-electron chi connectivity index (χ3n) is 2.93. The molecule has 96 valence electrons. The summed E-state index contributed by atoms with van der Waals surface area (Å²) >= 11 is 1.76. The molecule has 0 aliphatic carbocycles. The highest BCUT2D eigenvalue weighted by Gasteiger charge is 2.15. The zero-order valence-electron chi connectivity index (χ0n) is 10.5. The number of aromatic nitrogens is 1. The predicted molar refractivity (Wildman–Crippen MR) is 70.4 cm³/mol. The van der Waals surface area contributed by atoms with Crippen LogP contribution in [0.15, 0.2) is 6.20 Å². The van der Waals surface area contributed by atoms with Gasteiger partial charge >= 0.3 is 0 Å². The van der Waals surface area contributed by atoms with E-state index in [2.05, 4.69) is 22.5 Å². The standard InChI is InChI=1S/C12H21N3OS/c1-9(5-11-8-16-4-3-13-11)14-6-12-7-15-10(2)17-12/h7,9,11,13-14H,3-6,8H2,1-2H3. The molecule has 2 atom stereocenters. The van der Waals surface area contributed by atoms with Crippen LogP contribution in [0.1, 0.15) is 23.2 Å². The number of ether oxygens (including phenoxy) is 1. The highest BCUT2D eigenvalue weighted by Crippen LogP contribution is 2.11. The highest BCUT2D eigenvalue weighted by atomic mass is 32.1. The number of morpholine rings is 1. The zero-order valence-corrected chi connectivity index (χ0v) is 11.3. The third kappa shape index (κ3) is 4.35. The average Bonchev–Trinajstić information content (AvgIpc) is 2.74. The van der Waals surface area contributed by atoms with Crippen LogP contribution in [0, 0.1) is 6.92 Å². The molecule has 1 aliphatic heterocycles. The second-order valence-corrected chi connectivity index (χ2v) is 5.91. The number of thiazole rings is 1. The zero-order chi connectivity index (χ0) is 12.1. The number of nitrogens with zero attached hydrogens (tertiary/aromatic N) is 1. The summed E-state index contributed by atoms with van der Waals surface area (Å²) < 4.78 is 5.45. The molecule has 4 nitrogen and oxygen atoms in total. The van der Waals surface area contributed by atoms with Crippen LogP contribution in [0.2, 0.25) is 0 Å². The van der Waals surface area contributed by atoms with Crippen LogP contribution >= 0.6 is 11.3 Å². The lowest BCUT2D eigenvalue weighted by Gasteiger charge is -2.26. The molecule has 0 spiro atoms. The molecule has 0 bridgehead atoms. The first-order chi connectivity index (χ1) is 8.24. The Bertz CT molecular complexity index is 336. The van der Waals surface area contributed by atoms with Crippen molar-refractivity contribution in [2.45, 2.75) is 38.9 Å². The molecule has 17 heavy (non-hydrogen) atoms. The van der Waals surface area contributed by atoms with Crippen LogP contribution < -0.4 is 10.6 Å². The Kier molecular flexibility index (Phi) is 4.91. The largest absolute Gasteiger partial charge is 0.379 e. The molecule has 2 heterocycles. The maximum atomic E-state index is 5.45. The lowest BCUT2D eigenvalue weighted by atomic mass is 10.1. The Morgan fingerprint density at radius 3 is 3.24 bits per heavy atom. The first-order valence-corrected chi connectivity index (χ1v) is 7.01. The van der Waals surface area contributed by atoms with Gasteiger partial charge in [-0.05, 0) is 20.3 Å². The van der Waals surface area contributed by atoms with Gasteiger partial charge in [-0.1, -0.05) is 0 Å². The molecule has 1 fully saturated rings. The van der Waals surface area contributed by atoms with Gasteiger partial charge in [0, 0.05) is 36.2 Å². The minimum Gasteiger partial charge on any atom is -0.379 e. The van der Waals surface area contributed by atoms with E-state index < -0.39 is 0 Å². The quantitative estimate of drug-likeness (QED) is 0.833. The third-order valence-corrected chi connectivity index (χ3v) is 3.84. The van der Waals surface area contributed by atoms with E-state index in [-0.39, 0.29) is 0 Å². The number of hydrogen-bond donors (Lipinski definition) is 2. The number of nitrogens with one attached hydrogen (secondary N) is 2. The van der Waals surface area contributed by atoms with Gasteiger partial charge in [-0.15, -0.1) is 11.3 Å². The smallest absolute Gasteiger partial charge is 0.0897 e. The van der Waals surface area contributed by atoms with Crippen molar-refractivity contribution >= 4 is 11.3 Å². The SMILES string of the molecule is Cc1ncc(CNC(C)CC2COCCN2)s1. The van der Waals surface area contributed by atoms with Gasteiger partial charge in [-0.3, -0.25) is 0 Å². The maximum Gasteiger partial charge on any atom is 0.0897 e. The van der Waals surface area contributed by atoms with Crippen molar-refractivity contribution in [3.05, 3.63) is 16.1 Å². The molecule has 2 N–H and O–H groups in total. The lowest BCUT2D eigenvalue weighted by Crippen LogP contribution is -2.44. The first-order valence-electron chi connectivity index (χ1n) is 6.20. The van der Waals surface area contributed by atoms with E-state index in [1.807, 2.05) is 13.1 Å². The van der Waals surface area contributed by atoms with Crippen molar-refractivity contribution in [1.29, 1.82) is 0 Å². The van der Waals surface area contributed by atoms with Gasteiger partial charge in [0.2, 0.25) is 0 Å². The molecule has 2 rings (SSSR count).